The van der Waals surface area contributed by atoms with Crippen molar-refractivity contribution in [1.29, 1.82) is 0 Å². The Morgan fingerprint density at radius 2 is 1.80 bits per heavy atom. The van der Waals surface area contributed by atoms with Crippen molar-refractivity contribution in [3.8, 4) is 0 Å². The normalized spacial score (nSPS) is 12.2. The molecule has 106 valence electrons. The SMILES string of the molecule is CC(O)c1cc(Br)ccc1N(C)Cc1cccc(Br)c1. The quantitative estimate of drug-likeness (QED) is 0.791. The Bertz CT molecular complexity index is 599. The Kier molecular flexibility index (Phi) is 5.24. The first-order valence-corrected chi connectivity index (χ1v) is 7.99. The van der Waals surface area contributed by atoms with Gasteiger partial charge in [0.1, 0.15) is 0 Å². The lowest BCUT2D eigenvalue weighted by molar-refractivity contribution is 0.199. The van der Waals surface area contributed by atoms with Crippen molar-refractivity contribution in [1.82, 2.24) is 0 Å². The van der Waals surface area contributed by atoms with Crippen LogP contribution in [-0.4, -0.2) is 12.2 Å². The molecule has 20 heavy (non-hydrogen) atoms. The van der Waals surface area contributed by atoms with Crippen LogP contribution in [0.15, 0.2) is 51.4 Å². The minimum absolute atomic E-state index is 0.493. The molecule has 0 aromatic heterocycles. The van der Waals surface area contributed by atoms with E-state index in [1.165, 1.54) is 5.56 Å². The molecule has 0 aliphatic carbocycles. The van der Waals surface area contributed by atoms with Crippen molar-refractivity contribution in [2.24, 2.45) is 0 Å². The van der Waals surface area contributed by atoms with Gasteiger partial charge in [0, 0.05) is 33.8 Å². The average Bonchev–Trinajstić information content (AvgIpc) is 2.38. The number of halogens is 2. The number of hydrogen-bond donors (Lipinski definition) is 1. The third-order valence-corrected chi connectivity index (χ3v) is 4.15. The summed E-state index contributed by atoms with van der Waals surface area (Å²) >= 11 is 6.95. The van der Waals surface area contributed by atoms with E-state index in [1.807, 2.05) is 37.4 Å². The van der Waals surface area contributed by atoms with E-state index in [0.717, 1.165) is 26.7 Å². The topological polar surface area (TPSA) is 23.5 Å². The predicted molar refractivity (Wildman–Crippen MR) is 91.0 cm³/mol. The molecule has 0 saturated heterocycles. The van der Waals surface area contributed by atoms with Crippen molar-refractivity contribution in [2.45, 2.75) is 19.6 Å². The molecule has 0 fully saturated rings. The highest BCUT2D eigenvalue weighted by atomic mass is 79.9. The smallest absolute Gasteiger partial charge is 0.0782 e. The molecule has 0 saturated carbocycles. The number of aliphatic hydroxyl groups is 1. The summed E-state index contributed by atoms with van der Waals surface area (Å²) in [6.45, 7) is 2.58. The number of anilines is 1. The van der Waals surface area contributed by atoms with Crippen LogP contribution in [-0.2, 0) is 6.54 Å². The fourth-order valence-corrected chi connectivity index (χ4v) is 3.03. The maximum atomic E-state index is 9.93. The van der Waals surface area contributed by atoms with E-state index in [-0.39, 0.29) is 0 Å². The monoisotopic (exact) mass is 397 g/mol. The average molecular weight is 399 g/mol. The minimum atomic E-state index is -0.493. The number of hydrogen-bond acceptors (Lipinski definition) is 2. The third kappa shape index (κ3) is 3.84. The van der Waals surface area contributed by atoms with Crippen LogP contribution in [0.5, 0.6) is 0 Å². The molecular weight excluding hydrogens is 382 g/mol. The molecule has 1 N–H and O–H groups in total. The van der Waals surface area contributed by atoms with E-state index in [2.05, 4.69) is 48.9 Å². The largest absolute Gasteiger partial charge is 0.389 e. The standard InChI is InChI=1S/C16H17Br2NO/c1-11(20)15-9-14(18)6-7-16(15)19(2)10-12-4-3-5-13(17)8-12/h3-9,11,20H,10H2,1-2H3. The van der Waals surface area contributed by atoms with Gasteiger partial charge in [0.2, 0.25) is 0 Å². The van der Waals surface area contributed by atoms with Crippen molar-refractivity contribution < 1.29 is 5.11 Å². The molecule has 1 unspecified atom stereocenters. The molecule has 0 radical (unpaired) electrons. The van der Waals surface area contributed by atoms with Crippen molar-refractivity contribution >= 4 is 37.5 Å². The first-order valence-electron chi connectivity index (χ1n) is 6.40. The lowest BCUT2D eigenvalue weighted by Gasteiger charge is -2.24. The minimum Gasteiger partial charge on any atom is -0.389 e. The third-order valence-electron chi connectivity index (χ3n) is 3.16. The van der Waals surface area contributed by atoms with Gasteiger partial charge in [0.15, 0.2) is 0 Å². The highest BCUT2D eigenvalue weighted by Gasteiger charge is 2.12. The summed E-state index contributed by atoms with van der Waals surface area (Å²) < 4.78 is 2.06. The molecule has 2 nitrogen and oxygen atoms in total. The Morgan fingerprint density at radius 1 is 1.10 bits per heavy atom. The van der Waals surface area contributed by atoms with Gasteiger partial charge in [-0.1, -0.05) is 44.0 Å². The summed E-state index contributed by atoms with van der Waals surface area (Å²) in [5.74, 6) is 0. The van der Waals surface area contributed by atoms with E-state index in [1.54, 1.807) is 6.92 Å². The van der Waals surface area contributed by atoms with E-state index in [0.29, 0.717) is 0 Å². The summed E-state index contributed by atoms with van der Waals surface area (Å²) in [5.41, 5.74) is 3.20. The van der Waals surface area contributed by atoms with Crippen LogP contribution in [0.3, 0.4) is 0 Å². The Balaban J connectivity index is 2.27. The van der Waals surface area contributed by atoms with Crippen LogP contribution in [0, 0.1) is 0 Å². The molecule has 0 bridgehead atoms. The Hall–Kier alpha value is -0.840. The van der Waals surface area contributed by atoms with Gasteiger partial charge < -0.3 is 10.0 Å². The van der Waals surface area contributed by atoms with Crippen LogP contribution in [0.2, 0.25) is 0 Å². The lowest BCUT2D eigenvalue weighted by atomic mass is 10.1. The van der Waals surface area contributed by atoms with E-state index in [4.69, 9.17) is 0 Å². The first kappa shape index (κ1) is 15.5. The zero-order valence-electron chi connectivity index (χ0n) is 11.5. The van der Waals surface area contributed by atoms with Crippen LogP contribution < -0.4 is 4.90 Å². The molecule has 0 spiro atoms. The van der Waals surface area contributed by atoms with Gasteiger partial charge in [-0.25, -0.2) is 0 Å². The highest BCUT2D eigenvalue weighted by Crippen LogP contribution is 2.30. The zero-order chi connectivity index (χ0) is 14.7. The van der Waals surface area contributed by atoms with Gasteiger partial charge >= 0.3 is 0 Å². The van der Waals surface area contributed by atoms with E-state index < -0.39 is 6.10 Å². The molecule has 0 amide bonds. The lowest BCUT2D eigenvalue weighted by Crippen LogP contribution is -2.18. The van der Waals surface area contributed by atoms with Crippen LogP contribution in [0.4, 0.5) is 5.69 Å². The van der Waals surface area contributed by atoms with Gasteiger partial charge in [-0.15, -0.1) is 0 Å². The molecule has 2 aromatic carbocycles. The second kappa shape index (κ2) is 6.74. The molecule has 0 aliphatic heterocycles. The van der Waals surface area contributed by atoms with Gasteiger partial charge in [-0.2, -0.15) is 0 Å². The predicted octanol–water partition coefficient (Wildman–Crippen LogP) is 4.90. The molecule has 4 heteroatoms. The number of aliphatic hydroxyl groups excluding tert-OH is 1. The fourth-order valence-electron chi connectivity index (χ4n) is 2.20. The molecule has 2 aromatic rings. The second-order valence-corrected chi connectivity index (χ2v) is 6.70. The molecular formula is C16H17Br2NO. The van der Waals surface area contributed by atoms with Gasteiger partial charge in [0.05, 0.1) is 6.10 Å². The van der Waals surface area contributed by atoms with Crippen LogP contribution in [0.1, 0.15) is 24.2 Å². The van der Waals surface area contributed by atoms with Gasteiger partial charge in [-0.05, 0) is 42.8 Å². The molecule has 0 aliphatic rings. The first-order chi connectivity index (χ1) is 9.47. The fraction of sp³-hybridized carbons (Fsp3) is 0.250. The maximum Gasteiger partial charge on any atom is 0.0782 e. The Labute approximate surface area is 136 Å². The summed E-state index contributed by atoms with van der Waals surface area (Å²) in [6, 6.07) is 14.3. The van der Waals surface area contributed by atoms with Crippen molar-refractivity contribution in [2.75, 3.05) is 11.9 Å². The number of rotatable bonds is 4. The van der Waals surface area contributed by atoms with Crippen LogP contribution >= 0.6 is 31.9 Å². The molecule has 1 atom stereocenters. The Morgan fingerprint density at radius 3 is 2.45 bits per heavy atom. The summed E-state index contributed by atoms with van der Waals surface area (Å²) in [6.07, 6.45) is -0.493. The number of benzene rings is 2. The van der Waals surface area contributed by atoms with E-state index >= 15 is 0 Å². The summed E-state index contributed by atoms with van der Waals surface area (Å²) in [7, 11) is 2.04. The number of nitrogens with zero attached hydrogens (tertiary/aromatic N) is 1. The summed E-state index contributed by atoms with van der Waals surface area (Å²) in [4.78, 5) is 2.15. The van der Waals surface area contributed by atoms with Gasteiger partial charge in [-0.3, -0.25) is 0 Å². The molecule has 2 rings (SSSR count). The summed E-state index contributed by atoms with van der Waals surface area (Å²) in [5, 5.41) is 9.93. The van der Waals surface area contributed by atoms with Gasteiger partial charge in [0.25, 0.3) is 0 Å². The highest BCUT2D eigenvalue weighted by molar-refractivity contribution is 9.10. The van der Waals surface area contributed by atoms with E-state index in [9.17, 15) is 5.11 Å². The zero-order valence-corrected chi connectivity index (χ0v) is 14.6. The van der Waals surface area contributed by atoms with Crippen molar-refractivity contribution in [3.05, 3.63) is 62.5 Å². The second-order valence-electron chi connectivity index (χ2n) is 4.87. The van der Waals surface area contributed by atoms with Crippen molar-refractivity contribution in [3.63, 3.8) is 0 Å². The maximum absolute atomic E-state index is 9.93. The van der Waals surface area contributed by atoms with Crippen LogP contribution in [0.25, 0.3) is 0 Å². The molecule has 0 heterocycles.